The van der Waals surface area contributed by atoms with Crippen molar-refractivity contribution in [2.75, 3.05) is 19.9 Å². The van der Waals surface area contributed by atoms with Gasteiger partial charge in [-0.3, -0.25) is 0 Å². The molecule has 0 aromatic heterocycles. The van der Waals surface area contributed by atoms with Gasteiger partial charge in [-0.1, -0.05) is 6.42 Å². The molecule has 5 heteroatoms. The first-order chi connectivity index (χ1) is 9.78. The minimum atomic E-state index is 0.214. The molecular weight excluding hydrogens is 258 g/mol. The predicted molar refractivity (Wildman–Crippen MR) is 73.9 cm³/mol. The van der Waals surface area contributed by atoms with Crippen molar-refractivity contribution in [3.63, 3.8) is 0 Å². The van der Waals surface area contributed by atoms with Crippen molar-refractivity contribution in [2.24, 2.45) is 11.8 Å². The third kappa shape index (κ3) is 2.69. The van der Waals surface area contributed by atoms with Crippen LogP contribution in [0.3, 0.4) is 0 Å². The van der Waals surface area contributed by atoms with Gasteiger partial charge in [0.25, 0.3) is 0 Å². The highest BCUT2D eigenvalue weighted by molar-refractivity contribution is 5.51. The van der Waals surface area contributed by atoms with E-state index in [9.17, 15) is 10.2 Å². The lowest BCUT2D eigenvalue weighted by Crippen LogP contribution is -2.26. The molecule has 2 unspecified atom stereocenters. The van der Waals surface area contributed by atoms with Crippen LogP contribution in [0.15, 0.2) is 12.1 Å². The van der Waals surface area contributed by atoms with E-state index in [2.05, 4.69) is 5.32 Å². The van der Waals surface area contributed by atoms with Crippen molar-refractivity contribution in [3.8, 4) is 17.2 Å². The van der Waals surface area contributed by atoms with Crippen LogP contribution in [0.5, 0.6) is 17.2 Å². The molecule has 20 heavy (non-hydrogen) atoms. The van der Waals surface area contributed by atoms with Crippen LogP contribution >= 0.6 is 0 Å². The summed E-state index contributed by atoms with van der Waals surface area (Å²) in [4.78, 5) is 0. The van der Waals surface area contributed by atoms with Gasteiger partial charge in [-0.25, -0.2) is 0 Å². The molecule has 1 aromatic carbocycles. The van der Waals surface area contributed by atoms with Crippen molar-refractivity contribution in [1.29, 1.82) is 0 Å². The van der Waals surface area contributed by atoms with Crippen LogP contribution in [-0.4, -0.2) is 30.2 Å². The molecule has 2 aliphatic rings. The summed E-state index contributed by atoms with van der Waals surface area (Å²) in [5.41, 5.74) is 0.813. The number of aliphatic hydroxyl groups excluding tert-OH is 1. The number of ether oxygens (including phenoxy) is 2. The largest absolute Gasteiger partial charge is 0.507 e. The third-order valence-electron chi connectivity index (χ3n) is 4.35. The summed E-state index contributed by atoms with van der Waals surface area (Å²) in [6.07, 6.45) is 3.50. The SMILES string of the molecule is OCC1CCCC1CNCc1cc2c(cc1O)OCO2. The molecule has 2 atom stereocenters. The third-order valence-corrected chi connectivity index (χ3v) is 4.35. The minimum absolute atomic E-state index is 0.214. The van der Waals surface area contributed by atoms with E-state index < -0.39 is 0 Å². The topological polar surface area (TPSA) is 71.0 Å². The number of benzene rings is 1. The van der Waals surface area contributed by atoms with Crippen molar-refractivity contribution < 1.29 is 19.7 Å². The van der Waals surface area contributed by atoms with Crippen LogP contribution < -0.4 is 14.8 Å². The summed E-state index contributed by atoms with van der Waals surface area (Å²) in [5, 5.41) is 22.6. The number of nitrogens with one attached hydrogen (secondary N) is 1. The first kappa shape index (κ1) is 13.5. The molecule has 3 N–H and O–H groups in total. The van der Waals surface area contributed by atoms with Crippen LogP contribution in [0.4, 0.5) is 0 Å². The van der Waals surface area contributed by atoms with Crippen molar-refractivity contribution >= 4 is 0 Å². The van der Waals surface area contributed by atoms with Crippen molar-refractivity contribution in [2.45, 2.75) is 25.8 Å². The molecule has 0 spiro atoms. The summed E-state index contributed by atoms with van der Waals surface area (Å²) in [7, 11) is 0. The Labute approximate surface area is 118 Å². The molecule has 110 valence electrons. The van der Waals surface area contributed by atoms with E-state index in [0.717, 1.165) is 18.5 Å². The quantitative estimate of drug-likeness (QED) is 0.764. The lowest BCUT2D eigenvalue weighted by molar-refractivity contribution is 0.174. The average molecular weight is 279 g/mol. The van der Waals surface area contributed by atoms with E-state index in [4.69, 9.17) is 9.47 Å². The fourth-order valence-electron chi connectivity index (χ4n) is 3.13. The second kappa shape index (κ2) is 5.89. The van der Waals surface area contributed by atoms with E-state index in [-0.39, 0.29) is 19.1 Å². The van der Waals surface area contributed by atoms with E-state index in [1.165, 1.54) is 12.8 Å². The molecule has 5 nitrogen and oxygen atoms in total. The van der Waals surface area contributed by atoms with E-state index in [0.29, 0.717) is 29.9 Å². The van der Waals surface area contributed by atoms with Crippen LogP contribution in [0, 0.1) is 11.8 Å². The Morgan fingerprint density at radius 3 is 2.70 bits per heavy atom. The number of aliphatic hydroxyl groups is 1. The Bertz CT molecular complexity index is 477. The van der Waals surface area contributed by atoms with Gasteiger partial charge in [-0.15, -0.1) is 0 Å². The molecule has 3 rings (SSSR count). The molecule has 1 fully saturated rings. The Balaban J connectivity index is 1.56. The maximum atomic E-state index is 9.95. The summed E-state index contributed by atoms with van der Waals surface area (Å²) in [6, 6.07) is 3.42. The lowest BCUT2D eigenvalue weighted by Gasteiger charge is -2.18. The molecule has 0 bridgehead atoms. The number of aromatic hydroxyl groups is 1. The summed E-state index contributed by atoms with van der Waals surface area (Å²) < 4.78 is 10.5. The minimum Gasteiger partial charge on any atom is -0.507 e. The van der Waals surface area contributed by atoms with Gasteiger partial charge in [0, 0.05) is 24.8 Å². The Hall–Kier alpha value is -1.46. The molecular formula is C15H21NO4. The normalized spacial score (nSPS) is 24.2. The maximum Gasteiger partial charge on any atom is 0.231 e. The number of rotatable bonds is 5. The van der Waals surface area contributed by atoms with Gasteiger partial charge in [-0.2, -0.15) is 0 Å². The zero-order chi connectivity index (χ0) is 13.9. The molecule has 1 saturated carbocycles. The van der Waals surface area contributed by atoms with E-state index >= 15 is 0 Å². The van der Waals surface area contributed by atoms with E-state index in [1.807, 2.05) is 6.07 Å². The Morgan fingerprint density at radius 2 is 1.90 bits per heavy atom. The van der Waals surface area contributed by atoms with Crippen LogP contribution in [0.1, 0.15) is 24.8 Å². The molecule has 0 saturated heterocycles. The number of hydrogen-bond donors (Lipinski definition) is 3. The fraction of sp³-hybridized carbons (Fsp3) is 0.600. The molecule has 1 heterocycles. The smallest absolute Gasteiger partial charge is 0.231 e. The first-order valence-electron chi connectivity index (χ1n) is 7.21. The second-order valence-electron chi connectivity index (χ2n) is 5.60. The number of phenols is 1. The number of fused-ring (bicyclic) bond motifs is 1. The Morgan fingerprint density at radius 1 is 1.15 bits per heavy atom. The van der Waals surface area contributed by atoms with Gasteiger partial charge in [0.15, 0.2) is 11.5 Å². The molecule has 0 amide bonds. The molecule has 1 aromatic rings. The van der Waals surface area contributed by atoms with Crippen LogP contribution in [-0.2, 0) is 6.54 Å². The molecule has 1 aliphatic heterocycles. The van der Waals surface area contributed by atoms with Gasteiger partial charge in [-0.05, 0) is 37.3 Å². The zero-order valence-corrected chi connectivity index (χ0v) is 11.5. The van der Waals surface area contributed by atoms with E-state index in [1.54, 1.807) is 6.07 Å². The van der Waals surface area contributed by atoms with Gasteiger partial charge in [0.2, 0.25) is 6.79 Å². The number of phenolic OH excluding ortho intramolecular Hbond substituents is 1. The maximum absolute atomic E-state index is 9.95. The van der Waals surface area contributed by atoms with Gasteiger partial charge < -0.3 is 25.0 Å². The standard InChI is InChI=1S/C15H21NO4/c17-8-11-3-1-2-10(11)6-16-7-12-4-14-15(5-13(12)18)20-9-19-14/h4-5,10-11,16-18H,1-3,6-9H2. The highest BCUT2D eigenvalue weighted by Crippen LogP contribution is 2.37. The zero-order valence-electron chi connectivity index (χ0n) is 11.5. The average Bonchev–Trinajstić information content (AvgIpc) is 3.07. The van der Waals surface area contributed by atoms with Gasteiger partial charge in [0.1, 0.15) is 5.75 Å². The monoisotopic (exact) mass is 279 g/mol. The van der Waals surface area contributed by atoms with Gasteiger partial charge >= 0.3 is 0 Å². The number of hydrogen-bond acceptors (Lipinski definition) is 5. The first-order valence-corrected chi connectivity index (χ1v) is 7.21. The second-order valence-corrected chi connectivity index (χ2v) is 5.60. The Kier molecular flexibility index (Phi) is 3.98. The van der Waals surface area contributed by atoms with Crippen molar-refractivity contribution in [1.82, 2.24) is 5.32 Å². The van der Waals surface area contributed by atoms with Gasteiger partial charge in [0.05, 0.1) is 0 Å². The lowest BCUT2D eigenvalue weighted by atomic mass is 9.97. The highest BCUT2D eigenvalue weighted by Gasteiger charge is 2.26. The van der Waals surface area contributed by atoms with Crippen LogP contribution in [0.25, 0.3) is 0 Å². The summed E-state index contributed by atoms with van der Waals surface area (Å²) in [5.74, 6) is 2.48. The summed E-state index contributed by atoms with van der Waals surface area (Å²) in [6.45, 7) is 1.96. The van der Waals surface area contributed by atoms with Crippen molar-refractivity contribution in [3.05, 3.63) is 17.7 Å². The summed E-state index contributed by atoms with van der Waals surface area (Å²) >= 11 is 0. The van der Waals surface area contributed by atoms with Crippen LogP contribution in [0.2, 0.25) is 0 Å². The molecule has 1 aliphatic carbocycles. The highest BCUT2D eigenvalue weighted by atomic mass is 16.7. The predicted octanol–water partition coefficient (Wildman–Crippen LogP) is 1.62. The fourth-order valence-corrected chi connectivity index (χ4v) is 3.13. The molecule has 0 radical (unpaired) electrons.